The quantitative estimate of drug-likeness (QED) is 0.270. The molecular formula is C26H32ClN9O. The molecule has 0 radical (unpaired) electrons. The van der Waals surface area contributed by atoms with E-state index in [4.69, 9.17) is 16.6 Å². The van der Waals surface area contributed by atoms with Gasteiger partial charge in [-0.25, -0.2) is 19.6 Å². The Hall–Kier alpha value is -3.79. The Morgan fingerprint density at radius 2 is 2.00 bits per heavy atom. The minimum atomic E-state index is -0.00866. The van der Waals surface area contributed by atoms with Crippen molar-refractivity contribution in [1.29, 1.82) is 0 Å². The van der Waals surface area contributed by atoms with Gasteiger partial charge in [-0.2, -0.15) is 10.2 Å². The van der Waals surface area contributed by atoms with Crippen molar-refractivity contribution in [2.75, 3.05) is 11.9 Å². The molecule has 0 atom stereocenters. The molecule has 4 rings (SSSR count). The summed E-state index contributed by atoms with van der Waals surface area (Å²) in [5, 5.41) is 18.1. The van der Waals surface area contributed by atoms with Crippen molar-refractivity contribution in [3.8, 4) is 0 Å². The first-order valence-corrected chi connectivity index (χ1v) is 12.7. The van der Waals surface area contributed by atoms with Gasteiger partial charge in [-0.3, -0.25) is 9.89 Å². The maximum absolute atomic E-state index is 12.8. The van der Waals surface area contributed by atoms with E-state index >= 15 is 0 Å². The Labute approximate surface area is 221 Å². The second-order valence-corrected chi connectivity index (χ2v) is 9.82. The molecule has 0 aromatic carbocycles. The Morgan fingerprint density at radius 1 is 1.22 bits per heavy atom. The van der Waals surface area contributed by atoms with E-state index in [-0.39, 0.29) is 17.7 Å². The number of carbonyl (C=O) groups excluding carboxylic acids is 1. The average molecular weight is 522 g/mol. The lowest BCUT2D eigenvalue weighted by Gasteiger charge is -2.27. The molecule has 3 heterocycles. The number of aryl methyl sites for hydroxylation is 2. The van der Waals surface area contributed by atoms with E-state index in [1.54, 1.807) is 17.0 Å². The predicted octanol–water partition coefficient (Wildman–Crippen LogP) is 4.95. The smallest absolute Gasteiger partial charge is 0.223 e. The first-order valence-electron chi connectivity index (χ1n) is 12.3. The first kappa shape index (κ1) is 26.3. The molecule has 10 nitrogen and oxygen atoms in total. The molecule has 0 spiro atoms. The largest absolute Gasteiger partial charge is 0.352 e. The zero-order valence-corrected chi connectivity index (χ0v) is 22.1. The number of carbonyl (C=O) groups is 1. The number of amides is 1. The highest BCUT2D eigenvalue weighted by molar-refractivity contribution is 6.30. The molecule has 3 aromatic heterocycles. The number of hydrogen-bond acceptors (Lipinski definition) is 7. The molecule has 1 saturated carbocycles. The molecule has 1 aliphatic rings. The fraction of sp³-hybridized carbons (Fsp3) is 0.385. The first-order chi connectivity index (χ1) is 17.8. The van der Waals surface area contributed by atoms with Gasteiger partial charge in [0.25, 0.3) is 0 Å². The molecule has 3 N–H and O–H groups in total. The molecule has 194 valence electrons. The predicted molar refractivity (Wildman–Crippen MR) is 146 cm³/mol. The second-order valence-electron chi connectivity index (χ2n) is 9.38. The van der Waals surface area contributed by atoms with E-state index < -0.39 is 0 Å². The van der Waals surface area contributed by atoms with E-state index in [2.05, 4.69) is 42.6 Å². The van der Waals surface area contributed by atoms with Crippen LogP contribution in [0.1, 0.15) is 55.7 Å². The van der Waals surface area contributed by atoms with Crippen LogP contribution in [0.15, 0.2) is 47.2 Å². The fourth-order valence-corrected chi connectivity index (χ4v) is 4.48. The maximum atomic E-state index is 12.8. The van der Waals surface area contributed by atoms with E-state index in [0.29, 0.717) is 17.4 Å². The molecule has 0 bridgehead atoms. The van der Waals surface area contributed by atoms with Crippen LogP contribution in [0.3, 0.4) is 0 Å². The van der Waals surface area contributed by atoms with Crippen LogP contribution >= 0.6 is 11.6 Å². The fourth-order valence-electron chi connectivity index (χ4n) is 4.34. The van der Waals surface area contributed by atoms with Crippen LogP contribution in [0.4, 0.5) is 11.6 Å². The number of aromatic nitrogens is 6. The Kier molecular flexibility index (Phi) is 8.50. The van der Waals surface area contributed by atoms with Gasteiger partial charge in [0.15, 0.2) is 11.6 Å². The monoisotopic (exact) mass is 521 g/mol. The minimum absolute atomic E-state index is 0.00866. The summed E-state index contributed by atoms with van der Waals surface area (Å²) in [7, 11) is 0. The van der Waals surface area contributed by atoms with Gasteiger partial charge in [0.2, 0.25) is 5.91 Å². The van der Waals surface area contributed by atoms with E-state index in [1.165, 1.54) is 6.20 Å². The zero-order valence-electron chi connectivity index (χ0n) is 21.3. The number of aromatic amines is 1. The third kappa shape index (κ3) is 7.13. The van der Waals surface area contributed by atoms with Crippen molar-refractivity contribution in [2.24, 2.45) is 10.9 Å². The van der Waals surface area contributed by atoms with Crippen LogP contribution in [0.5, 0.6) is 0 Å². The number of hydrogen-bond donors (Lipinski definition) is 3. The van der Waals surface area contributed by atoms with Crippen molar-refractivity contribution < 1.29 is 4.79 Å². The van der Waals surface area contributed by atoms with Gasteiger partial charge >= 0.3 is 0 Å². The van der Waals surface area contributed by atoms with Crippen molar-refractivity contribution in [3.05, 3.63) is 64.5 Å². The normalized spacial score (nSPS) is 18.5. The lowest BCUT2D eigenvalue weighted by molar-refractivity contribution is -0.125. The number of anilines is 2. The number of H-pyrrole nitrogens is 1. The minimum Gasteiger partial charge on any atom is -0.352 e. The molecule has 0 aliphatic heterocycles. The van der Waals surface area contributed by atoms with Crippen molar-refractivity contribution in [1.82, 2.24) is 35.3 Å². The van der Waals surface area contributed by atoms with Gasteiger partial charge in [0.1, 0.15) is 11.6 Å². The summed E-state index contributed by atoms with van der Waals surface area (Å²) >= 11 is 5.92. The van der Waals surface area contributed by atoms with E-state index in [0.717, 1.165) is 60.1 Å². The van der Waals surface area contributed by atoms with Gasteiger partial charge < -0.3 is 10.6 Å². The molecule has 11 heteroatoms. The van der Waals surface area contributed by atoms with Crippen LogP contribution in [-0.2, 0) is 4.79 Å². The summed E-state index contributed by atoms with van der Waals surface area (Å²) in [6, 6.07) is 3.84. The van der Waals surface area contributed by atoms with Crippen LogP contribution in [0.2, 0.25) is 5.02 Å². The lowest BCUT2D eigenvalue weighted by atomic mass is 9.81. The average Bonchev–Trinajstić information content (AvgIpc) is 3.50. The van der Waals surface area contributed by atoms with Crippen LogP contribution in [-0.4, -0.2) is 49.1 Å². The summed E-state index contributed by atoms with van der Waals surface area (Å²) in [4.78, 5) is 26.2. The summed E-state index contributed by atoms with van der Waals surface area (Å²) < 4.78 is 1.55. The molecular weight excluding hydrogens is 490 g/mol. The summed E-state index contributed by atoms with van der Waals surface area (Å²) in [6.45, 7) is 9.91. The molecule has 1 aliphatic carbocycles. The highest BCUT2D eigenvalue weighted by atomic mass is 35.5. The Balaban J connectivity index is 1.29. The number of halogens is 1. The van der Waals surface area contributed by atoms with Crippen LogP contribution in [0, 0.1) is 19.8 Å². The van der Waals surface area contributed by atoms with Crippen molar-refractivity contribution >= 4 is 41.7 Å². The highest BCUT2D eigenvalue weighted by Gasteiger charge is 2.28. The number of nitrogens with zero attached hydrogens (tertiary/aromatic N) is 6. The Bertz CT molecular complexity index is 1320. The van der Waals surface area contributed by atoms with Crippen molar-refractivity contribution in [3.63, 3.8) is 0 Å². The zero-order chi connectivity index (χ0) is 26.4. The lowest BCUT2D eigenvalue weighted by Crippen LogP contribution is -2.34. The topological polar surface area (TPSA) is 126 Å². The van der Waals surface area contributed by atoms with E-state index in [1.807, 2.05) is 39.0 Å². The molecule has 0 unspecified atom stereocenters. The van der Waals surface area contributed by atoms with Gasteiger partial charge in [-0.15, -0.1) is 0 Å². The van der Waals surface area contributed by atoms with Gasteiger partial charge in [0.05, 0.1) is 17.4 Å². The third-order valence-electron chi connectivity index (χ3n) is 6.30. The number of allylic oxidation sites excluding steroid dienone is 2. The molecule has 37 heavy (non-hydrogen) atoms. The van der Waals surface area contributed by atoms with Gasteiger partial charge in [-0.1, -0.05) is 23.3 Å². The van der Waals surface area contributed by atoms with Gasteiger partial charge in [-0.05, 0) is 59.2 Å². The maximum Gasteiger partial charge on any atom is 0.223 e. The number of nitrogens with one attached hydrogen (secondary N) is 3. The third-order valence-corrected chi connectivity index (χ3v) is 6.50. The van der Waals surface area contributed by atoms with Gasteiger partial charge in [0, 0.05) is 41.9 Å². The summed E-state index contributed by atoms with van der Waals surface area (Å²) in [5.74, 6) is 3.14. The molecule has 1 fully saturated rings. The van der Waals surface area contributed by atoms with Crippen LogP contribution in [0.25, 0.3) is 5.82 Å². The molecule has 0 saturated heterocycles. The van der Waals surface area contributed by atoms with Crippen molar-refractivity contribution in [2.45, 2.75) is 52.4 Å². The number of aliphatic imine (C=N–C) groups is 1. The highest BCUT2D eigenvalue weighted by Crippen LogP contribution is 2.35. The van der Waals surface area contributed by atoms with E-state index in [9.17, 15) is 4.79 Å². The standard InChI is InChI=1S/C26H32ClN9O/c1-16(5-10-24(28-4)36-15-21(27)14-30-36)13-29-26(37)20-8-6-19(7-9-20)25-31-17(2)11-22(33-25)32-23-12-18(3)34-35-23/h5,10-12,14-15,19-20H,4,6-9,13H2,1-3H3,(H,29,37)(H2,31,32,33,34,35)/b16-5+,24-10+. The Morgan fingerprint density at radius 3 is 2.65 bits per heavy atom. The molecule has 3 aromatic rings. The SMILES string of the molecule is C=N/C(=C\C=C(/C)CNC(=O)C1CCC(c2nc(C)cc(Nc3cc(C)[nH]n3)n2)CC1)n1cc(Cl)cn1. The second kappa shape index (κ2) is 12.0. The number of rotatable bonds is 9. The van der Waals surface area contributed by atoms with Crippen LogP contribution < -0.4 is 10.6 Å². The molecule has 1 amide bonds. The summed E-state index contributed by atoms with van der Waals surface area (Å²) in [5.41, 5.74) is 2.87. The summed E-state index contributed by atoms with van der Waals surface area (Å²) in [6.07, 6.45) is 10.2.